The predicted molar refractivity (Wildman–Crippen MR) is 320 cm³/mol. The van der Waals surface area contributed by atoms with Crippen LogP contribution in [0.5, 0.6) is 0 Å². The summed E-state index contributed by atoms with van der Waals surface area (Å²) < 4.78 is 37.7. The number of hydrogen-bond donors (Lipinski definition) is 0. The Labute approximate surface area is 511 Å². The maximum absolute atomic E-state index is 12.6. The van der Waals surface area contributed by atoms with E-state index in [-0.39, 0.29) is 74.8 Å². The summed E-state index contributed by atoms with van der Waals surface area (Å²) in [6.07, 6.45) is 5.57. The number of ether oxygens (including phenoxy) is 6. The van der Waals surface area contributed by atoms with Crippen molar-refractivity contribution in [3.05, 3.63) is 76.7 Å². The maximum Gasteiger partial charge on any atom is 0.316 e. The van der Waals surface area contributed by atoms with Crippen molar-refractivity contribution >= 4 is 51.7 Å². The average Bonchev–Trinajstić information content (AvgIpc) is 3.52. The fourth-order valence-corrected chi connectivity index (χ4v) is 9.76. The van der Waals surface area contributed by atoms with Gasteiger partial charge < -0.3 is 28.4 Å². The molecule has 0 spiro atoms. The topological polar surface area (TPSA) is 213 Å². The van der Waals surface area contributed by atoms with Crippen LogP contribution < -0.4 is 0 Å². The fourth-order valence-electron chi connectivity index (χ4n) is 7.56. The third-order valence-electron chi connectivity index (χ3n) is 11.1. The summed E-state index contributed by atoms with van der Waals surface area (Å²) in [5.74, 6) is -1.52. The molecule has 22 heteroatoms. The molecule has 0 atom stereocenters. The molecule has 0 aromatic heterocycles. The first-order valence-electron chi connectivity index (χ1n) is 28.0. The molecule has 0 unspecified atom stereocenters. The van der Waals surface area contributed by atoms with Crippen molar-refractivity contribution in [2.24, 2.45) is 5.34 Å². The van der Waals surface area contributed by atoms with Crippen LogP contribution in [0.4, 0.5) is 0 Å². The van der Waals surface area contributed by atoms with Gasteiger partial charge in [-0.1, -0.05) is 90.4 Å². The zero-order chi connectivity index (χ0) is 60.9. The summed E-state index contributed by atoms with van der Waals surface area (Å²) in [5.41, 5.74) is -0.102. The van der Waals surface area contributed by atoms with Gasteiger partial charge in [0, 0.05) is 52.4 Å². The number of alkyl halides is 1. The van der Waals surface area contributed by atoms with Crippen molar-refractivity contribution in [2.45, 2.75) is 169 Å². The van der Waals surface area contributed by atoms with Crippen LogP contribution >= 0.6 is 15.9 Å². The number of unbranched alkanes of at least 4 members (excludes halogenated alkanes) is 1. The summed E-state index contributed by atoms with van der Waals surface area (Å²) in [5, 5.41) is 2.58. The SMILES string of the molecule is C.CC(C)(C)OC(=O)CN1CCCCCN(CC(=O)OC(C)(C)C)CC1.CC(C)(C)OC(=O)CN1CCN(CC(=O)OCc2ccccc2)CCN(CC(=O)OC(C)(C)C)CC1.CCCC[AtH]ON=O.O=C(CBr)OCc1ccccc1. The molecular formula is C60H102AtBrN6O14. The van der Waals surface area contributed by atoms with Crippen molar-refractivity contribution in [2.75, 3.05) is 104 Å². The van der Waals surface area contributed by atoms with Gasteiger partial charge in [0.15, 0.2) is 0 Å². The van der Waals surface area contributed by atoms with E-state index in [0.717, 1.165) is 60.7 Å². The smallest absolute Gasteiger partial charge is 0.316 e. The standard InChI is InChI=1S/C27H43N3O6.C19H36N2O4.C9H9BrO2.C4H10AtNO2.CH4/c1-26(2,3)35-24(32)19-29-14-12-28(18-23(31)34-21-22-10-8-7-9-11-22)13-15-30(17-16-29)20-25(33)36-27(4,5)6;1-18(2,3)24-16(22)14-20-10-8-7-9-11-21(13-12-20)15-17(23)25-19(4,5)6;10-6-9(11)12-7-8-4-2-1-3-5-8;1-2-3-4-5-8-6-7;/h7-11H,12-21H2,1-6H3;7-15H2,1-6H3;1-5H,6-7H2;5H,2-4H2,1H3;1H4. The predicted octanol–water partition coefficient (Wildman–Crippen LogP) is 9.19. The van der Waals surface area contributed by atoms with Crippen LogP contribution in [0.15, 0.2) is 66.0 Å². The van der Waals surface area contributed by atoms with Crippen LogP contribution in [0.1, 0.15) is 141 Å². The largest absolute Gasteiger partial charge is 0.460 e. The number of carbonyl (C=O) groups excluding carboxylic acids is 6. The van der Waals surface area contributed by atoms with Gasteiger partial charge in [0.05, 0.1) is 32.7 Å². The third-order valence-corrected chi connectivity index (χ3v) is 14.0. The van der Waals surface area contributed by atoms with Crippen molar-refractivity contribution in [1.82, 2.24) is 24.5 Å². The van der Waals surface area contributed by atoms with Crippen molar-refractivity contribution < 1.29 is 83.8 Å². The number of esters is 6. The number of nitrogens with zero attached hydrogens (tertiary/aromatic N) is 6. The van der Waals surface area contributed by atoms with E-state index in [2.05, 4.69) is 40.9 Å². The molecule has 2 saturated heterocycles. The number of benzene rings is 2. The molecule has 2 heterocycles. The first-order chi connectivity index (χ1) is 38.0. The minimum absolute atomic E-state index is 0. The molecule has 20 nitrogen and oxygen atoms in total. The summed E-state index contributed by atoms with van der Waals surface area (Å²) in [4.78, 5) is 92.0. The molecule has 2 aliphatic rings. The Kier molecular flexibility index (Phi) is 40.4. The number of rotatable bonds is 20. The molecule has 2 aromatic carbocycles. The Morgan fingerprint density at radius 1 is 0.463 bits per heavy atom. The molecule has 2 fully saturated rings. The summed E-state index contributed by atoms with van der Waals surface area (Å²) >= 11 is 2.23. The molecule has 0 amide bonds. The quantitative estimate of drug-likeness (QED) is 0.0302. The Hall–Kier alpha value is -4.18. The van der Waals surface area contributed by atoms with E-state index in [9.17, 15) is 33.7 Å². The van der Waals surface area contributed by atoms with Gasteiger partial charge in [-0.05, 0) is 120 Å². The van der Waals surface area contributed by atoms with Crippen LogP contribution in [0.25, 0.3) is 0 Å². The average molecular weight is 1420 g/mol. The summed E-state index contributed by atoms with van der Waals surface area (Å²) in [7, 11) is 0. The van der Waals surface area contributed by atoms with Gasteiger partial charge in [-0.15, -0.1) is 0 Å². The van der Waals surface area contributed by atoms with E-state index in [1.54, 1.807) is 0 Å². The Morgan fingerprint density at radius 2 is 0.756 bits per heavy atom. The van der Waals surface area contributed by atoms with Crippen molar-refractivity contribution in [1.29, 1.82) is 0 Å². The molecule has 2 aromatic rings. The first-order valence-corrected chi connectivity index (χ1v) is 32.7. The Morgan fingerprint density at radius 3 is 1.04 bits per heavy atom. The second-order valence-corrected chi connectivity index (χ2v) is 27.2. The minimum atomic E-state index is -0.789. The molecule has 0 saturated carbocycles. The molecular weight excluding hydrogens is 1320 g/mol. The zero-order valence-corrected chi connectivity index (χ0v) is 55.7. The van der Waals surface area contributed by atoms with E-state index in [0.29, 0.717) is 59.0 Å². The van der Waals surface area contributed by atoms with Crippen molar-refractivity contribution in [3.63, 3.8) is 0 Å². The second-order valence-electron chi connectivity index (χ2n) is 23.5. The van der Waals surface area contributed by atoms with Gasteiger partial charge >= 0.3 is 96.5 Å². The van der Waals surface area contributed by atoms with E-state index in [4.69, 9.17) is 28.4 Å². The molecule has 0 radical (unpaired) electrons. The molecule has 0 bridgehead atoms. The Balaban J connectivity index is 0.00000122. The van der Waals surface area contributed by atoms with Gasteiger partial charge in [0.25, 0.3) is 0 Å². The van der Waals surface area contributed by atoms with E-state index in [1.807, 2.05) is 158 Å². The van der Waals surface area contributed by atoms with Crippen LogP contribution in [0.3, 0.4) is 0 Å². The van der Waals surface area contributed by atoms with Crippen LogP contribution in [-0.4, -0.2) is 186 Å². The number of carbonyl (C=O) groups is 6. The monoisotopic (exact) mass is 1420 g/mol. The van der Waals surface area contributed by atoms with Crippen molar-refractivity contribution in [3.8, 4) is 0 Å². The molecule has 82 heavy (non-hydrogen) atoms. The third kappa shape index (κ3) is 45.3. The normalized spacial score (nSPS) is 15.4. The minimum Gasteiger partial charge on any atom is -0.460 e. The summed E-state index contributed by atoms with van der Waals surface area (Å²) in [6.45, 7) is 32.9. The Bertz CT molecular complexity index is 2020. The number of halogens is 1. The van der Waals surface area contributed by atoms with Gasteiger partial charge in [-0.25, -0.2) is 0 Å². The fraction of sp³-hybridized carbons (Fsp3) is 0.700. The zero-order valence-electron chi connectivity index (χ0n) is 50.9. The number of hydrogen-bond acceptors (Lipinski definition) is 20. The summed E-state index contributed by atoms with van der Waals surface area (Å²) in [6, 6.07) is 19.1. The molecule has 0 N–H and O–H groups in total. The van der Waals surface area contributed by atoms with Gasteiger partial charge in [-0.3, -0.25) is 53.3 Å². The van der Waals surface area contributed by atoms with E-state index < -0.39 is 46.1 Å². The molecule has 0 aliphatic carbocycles. The molecule has 2 aliphatic heterocycles. The first kappa shape index (κ1) is 77.8. The maximum atomic E-state index is 12.6. The van der Waals surface area contributed by atoms with E-state index >= 15 is 0 Å². The van der Waals surface area contributed by atoms with Gasteiger partial charge in [0.2, 0.25) is 0 Å². The van der Waals surface area contributed by atoms with Gasteiger partial charge in [0.1, 0.15) is 40.9 Å². The second kappa shape index (κ2) is 42.6. The van der Waals surface area contributed by atoms with Crippen LogP contribution in [0.2, 0.25) is 4.13 Å². The molecule has 4 rings (SSSR count). The van der Waals surface area contributed by atoms with Crippen LogP contribution in [-0.2, 0) is 73.3 Å². The van der Waals surface area contributed by atoms with E-state index in [1.165, 1.54) is 12.8 Å². The van der Waals surface area contributed by atoms with Gasteiger partial charge in [-0.2, -0.15) is 0 Å². The van der Waals surface area contributed by atoms with Crippen LogP contribution in [0, 0.1) is 28.6 Å². The molecule has 470 valence electrons.